The van der Waals surface area contributed by atoms with Gasteiger partial charge in [0.2, 0.25) is 5.75 Å². The van der Waals surface area contributed by atoms with E-state index in [0.29, 0.717) is 17.5 Å². The Morgan fingerprint density at radius 2 is 1.48 bits per heavy atom. The lowest BCUT2D eigenvalue weighted by atomic mass is 9.72. The number of pyridine rings is 1. The first-order valence-corrected chi connectivity index (χ1v) is 18.8. The lowest BCUT2D eigenvalue weighted by molar-refractivity contribution is 0.104. The van der Waals surface area contributed by atoms with Gasteiger partial charge in [0.1, 0.15) is 16.8 Å². The molecular weight excluding hydrogens is 709 g/mol. The Morgan fingerprint density at radius 3 is 2.08 bits per heavy atom. The van der Waals surface area contributed by atoms with Crippen molar-refractivity contribution < 1.29 is 40.2 Å². The van der Waals surface area contributed by atoms with Gasteiger partial charge in [-0.15, -0.1) is 0 Å². The van der Waals surface area contributed by atoms with Crippen molar-refractivity contribution in [2.24, 2.45) is 5.41 Å². The number of fused-ring (bicyclic) bond motifs is 2. The number of rotatable bonds is 9. The molecule has 52 heavy (non-hydrogen) atoms. The molecule has 0 atom stereocenters. The maximum Gasteiger partial charge on any atom is 0.298 e. The zero-order valence-electron chi connectivity index (χ0n) is 28.7. The highest BCUT2D eigenvalue weighted by molar-refractivity contribution is 7.86. The SMILES string of the molecule is C#COc1c2c3c(c(Nc4ccc(S(=O)(=O)O)cc4)cc(Oc4ccc(C(C)(C)CC(C)(C)C)cc4S(=O)(=O)O)c3[nH]c1=O)C(=O)c1ccccc1-2. The van der Waals surface area contributed by atoms with Crippen molar-refractivity contribution in [2.75, 3.05) is 5.32 Å². The smallest absolute Gasteiger partial charge is 0.298 e. The lowest BCUT2D eigenvalue weighted by Crippen LogP contribution is -2.25. The molecule has 1 aliphatic rings. The van der Waals surface area contributed by atoms with Gasteiger partial charge >= 0.3 is 0 Å². The van der Waals surface area contributed by atoms with E-state index < -0.39 is 41.9 Å². The summed E-state index contributed by atoms with van der Waals surface area (Å²) in [5, 5.41) is 3.24. The zero-order chi connectivity index (χ0) is 38.0. The van der Waals surface area contributed by atoms with Crippen molar-refractivity contribution in [3.8, 4) is 40.9 Å². The minimum Gasteiger partial charge on any atom is -0.454 e. The largest absolute Gasteiger partial charge is 0.454 e. The van der Waals surface area contributed by atoms with Crippen LogP contribution in [0.5, 0.6) is 17.2 Å². The van der Waals surface area contributed by atoms with Crippen LogP contribution in [-0.2, 0) is 25.7 Å². The Hall–Kier alpha value is -5.46. The van der Waals surface area contributed by atoms with Gasteiger partial charge in [0.05, 0.1) is 21.7 Å². The third-order valence-corrected chi connectivity index (χ3v) is 10.4. The van der Waals surface area contributed by atoms with Gasteiger partial charge < -0.3 is 19.8 Å². The van der Waals surface area contributed by atoms with Crippen LogP contribution in [0.4, 0.5) is 11.4 Å². The summed E-state index contributed by atoms with van der Waals surface area (Å²) >= 11 is 0. The highest BCUT2D eigenvalue weighted by Crippen LogP contribution is 2.49. The summed E-state index contributed by atoms with van der Waals surface area (Å²) < 4.78 is 80.6. The average molecular weight is 743 g/mol. The molecule has 1 aliphatic carbocycles. The van der Waals surface area contributed by atoms with E-state index in [1.165, 1.54) is 30.3 Å². The molecule has 1 heterocycles. The van der Waals surface area contributed by atoms with E-state index in [1.807, 2.05) is 20.0 Å². The van der Waals surface area contributed by atoms with Crippen LogP contribution < -0.4 is 20.3 Å². The molecule has 14 heteroatoms. The Kier molecular flexibility index (Phi) is 8.83. The molecule has 0 saturated carbocycles. The Balaban J connectivity index is 1.64. The number of H-pyrrole nitrogens is 1. The Labute approximate surface area is 300 Å². The Bertz CT molecular complexity index is 2630. The number of anilines is 2. The second kappa shape index (κ2) is 12.6. The molecule has 268 valence electrons. The quantitative estimate of drug-likeness (QED) is 0.0850. The number of carbonyl (C=O) groups excluding carboxylic acids is 1. The summed E-state index contributed by atoms with van der Waals surface area (Å²) in [5.41, 5.74) is 0.425. The number of hydrogen-bond donors (Lipinski definition) is 4. The molecule has 0 aliphatic heterocycles. The second-order valence-corrected chi connectivity index (χ2v) is 17.1. The number of terminal acetylenes is 1. The van der Waals surface area contributed by atoms with Gasteiger partial charge in [-0.25, -0.2) is 0 Å². The fraction of sp³-hybridized carbons (Fsp3) is 0.211. The van der Waals surface area contributed by atoms with Crippen LogP contribution in [0, 0.1) is 17.9 Å². The highest BCUT2D eigenvalue weighted by atomic mass is 32.2. The van der Waals surface area contributed by atoms with E-state index in [-0.39, 0.29) is 66.5 Å². The molecule has 0 spiro atoms. The molecule has 6 rings (SSSR count). The fourth-order valence-corrected chi connectivity index (χ4v) is 8.04. The number of hydrogen-bond acceptors (Lipinski definition) is 9. The monoisotopic (exact) mass is 742 g/mol. The van der Waals surface area contributed by atoms with E-state index in [2.05, 4.69) is 31.1 Å². The van der Waals surface area contributed by atoms with Gasteiger partial charge in [0.25, 0.3) is 25.8 Å². The first-order valence-electron chi connectivity index (χ1n) is 15.9. The molecule has 0 unspecified atom stereocenters. The van der Waals surface area contributed by atoms with Gasteiger partial charge in [0.15, 0.2) is 11.5 Å². The molecule has 0 radical (unpaired) electrons. The van der Waals surface area contributed by atoms with Gasteiger partial charge in [-0.05, 0) is 64.8 Å². The van der Waals surface area contributed by atoms with E-state index in [1.54, 1.807) is 30.3 Å². The standard InChI is InChI=1S/C38H34N2O10S2/c1-7-49-35-30-24-10-8-9-11-25(24)34(41)31-26(39-22-13-15-23(16-14-22)51(43,44)45)19-28(33(32(30)31)40-36(35)42)50-27-17-12-21(18-29(27)52(46,47)48)38(5,6)20-37(2,3)4/h1,8-19,39H,20H2,2-6H3,(H,40,42)(H,43,44,45)(H,46,47,48). The molecule has 4 N–H and O–H groups in total. The zero-order valence-corrected chi connectivity index (χ0v) is 30.3. The van der Waals surface area contributed by atoms with Crippen LogP contribution in [0.25, 0.3) is 22.0 Å². The minimum atomic E-state index is -4.87. The third kappa shape index (κ3) is 6.79. The number of ketones is 1. The maximum atomic E-state index is 14.3. The molecule has 1 aromatic heterocycles. The number of ether oxygens (including phenoxy) is 2. The number of aromatic amines is 1. The maximum absolute atomic E-state index is 14.3. The number of nitrogens with one attached hydrogen (secondary N) is 2. The molecule has 4 aromatic carbocycles. The van der Waals surface area contributed by atoms with Crippen LogP contribution in [0.2, 0.25) is 0 Å². The van der Waals surface area contributed by atoms with Crippen LogP contribution in [0.3, 0.4) is 0 Å². The van der Waals surface area contributed by atoms with Crippen molar-refractivity contribution in [3.05, 3.63) is 99.8 Å². The summed E-state index contributed by atoms with van der Waals surface area (Å²) in [6, 6.07) is 17.4. The topological polar surface area (TPSA) is 189 Å². The molecule has 12 nitrogen and oxygen atoms in total. The first-order chi connectivity index (χ1) is 24.2. The summed E-state index contributed by atoms with van der Waals surface area (Å²) in [6.07, 6.45) is 8.17. The van der Waals surface area contributed by atoms with E-state index >= 15 is 0 Å². The lowest BCUT2D eigenvalue weighted by Gasteiger charge is -2.33. The molecule has 5 aromatic rings. The van der Waals surface area contributed by atoms with Crippen LogP contribution in [0.15, 0.2) is 87.4 Å². The number of benzene rings is 4. The summed E-state index contributed by atoms with van der Waals surface area (Å²) in [7, 11) is -9.37. The molecule has 0 fully saturated rings. The van der Waals surface area contributed by atoms with Crippen LogP contribution >= 0.6 is 0 Å². The van der Waals surface area contributed by atoms with Gasteiger partial charge in [0, 0.05) is 28.3 Å². The normalized spacial score (nSPS) is 13.0. The summed E-state index contributed by atoms with van der Waals surface area (Å²) in [5.74, 6) is -1.13. The van der Waals surface area contributed by atoms with Crippen molar-refractivity contribution in [2.45, 2.75) is 56.2 Å². The van der Waals surface area contributed by atoms with Crippen molar-refractivity contribution in [1.82, 2.24) is 4.98 Å². The van der Waals surface area contributed by atoms with Crippen molar-refractivity contribution in [1.29, 1.82) is 0 Å². The van der Waals surface area contributed by atoms with E-state index in [9.17, 15) is 35.5 Å². The van der Waals surface area contributed by atoms with Crippen LogP contribution in [0.1, 0.15) is 62.5 Å². The third-order valence-electron chi connectivity index (χ3n) is 8.67. The second-order valence-electron chi connectivity index (χ2n) is 14.3. The molecule has 0 amide bonds. The minimum absolute atomic E-state index is 0.00655. The first kappa shape index (κ1) is 36.3. The Morgan fingerprint density at radius 1 is 0.827 bits per heavy atom. The summed E-state index contributed by atoms with van der Waals surface area (Å²) in [6.45, 7) is 10.1. The number of carbonyl (C=O) groups is 1. The van der Waals surface area contributed by atoms with Crippen LogP contribution in [-0.4, -0.2) is 36.7 Å². The fourth-order valence-electron chi connectivity index (χ4n) is 6.92. The molecular formula is C38H34N2O10S2. The van der Waals surface area contributed by atoms with Gasteiger partial charge in [-0.2, -0.15) is 16.8 Å². The molecule has 0 bridgehead atoms. The van der Waals surface area contributed by atoms with Crippen molar-refractivity contribution >= 4 is 48.3 Å². The average Bonchev–Trinajstić information content (AvgIpc) is 3.03. The van der Waals surface area contributed by atoms with Crippen molar-refractivity contribution in [3.63, 3.8) is 0 Å². The molecule has 0 saturated heterocycles. The number of aromatic nitrogens is 1. The van der Waals surface area contributed by atoms with Gasteiger partial charge in [-0.1, -0.05) is 71.4 Å². The van der Waals surface area contributed by atoms with E-state index in [4.69, 9.17) is 15.9 Å². The van der Waals surface area contributed by atoms with Gasteiger partial charge in [-0.3, -0.25) is 18.7 Å². The highest BCUT2D eigenvalue weighted by Gasteiger charge is 2.35. The van der Waals surface area contributed by atoms with E-state index in [0.717, 1.165) is 12.1 Å². The predicted molar refractivity (Wildman–Crippen MR) is 196 cm³/mol. The predicted octanol–water partition coefficient (Wildman–Crippen LogP) is 7.45. The summed E-state index contributed by atoms with van der Waals surface area (Å²) in [4.78, 5) is 29.6.